The lowest BCUT2D eigenvalue weighted by Crippen LogP contribution is -2.09. The fourth-order valence-electron chi connectivity index (χ4n) is 6.82. The zero-order chi connectivity index (χ0) is 28.8. The second kappa shape index (κ2) is 8.96. The maximum absolute atomic E-state index is 6.27. The number of para-hydroxylation sites is 2. The molecular weight excluding hydrogens is 559 g/mol. The van der Waals surface area contributed by atoms with E-state index in [9.17, 15) is 0 Å². The highest BCUT2D eigenvalue weighted by atomic mass is 32.1. The normalized spacial score (nSPS) is 12.1. The smallest absolute Gasteiger partial charge is 0.136 e. The molecule has 3 heterocycles. The van der Waals surface area contributed by atoms with Crippen LogP contribution in [0.2, 0.25) is 0 Å². The topological polar surface area (TPSA) is 29.5 Å². The van der Waals surface area contributed by atoms with E-state index in [2.05, 4.69) is 120 Å². The van der Waals surface area contributed by atoms with Crippen LogP contribution >= 0.6 is 11.3 Å². The first kappa shape index (κ1) is 23.9. The lowest BCUT2D eigenvalue weighted by atomic mass is 10.0. The van der Waals surface area contributed by atoms with Gasteiger partial charge in [-0.3, -0.25) is 0 Å². The molecule has 0 radical (unpaired) electrons. The molecule has 0 saturated carbocycles. The minimum Gasteiger partial charge on any atom is -0.456 e. The van der Waals surface area contributed by atoms with Crippen LogP contribution in [-0.2, 0) is 0 Å². The molecule has 0 amide bonds. The molecule has 0 saturated heterocycles. The molecule has 0 spiro atoms. The highest BCUT2D eigenvalue weighted by Crippen LogP contribution is 2.44. The Labute approximate surface area is 255 Å². The fourth-order valence-corrected chi connectivity index (χ4v) is 7.91. The van der Waals surface area contributed by atoms with Crippen molar-refractivity contribution in [1.29, 1.82) is 0 Å². The van der Waals surface area contributed by atoms with Gasteiger partial charge < -0.3 is 13.7 Å². The van der Waals surface area contributed by atoms with Gasteiger partial charge in [-0.25, -0.2) is 0 Å². The number of benzene rings is 7. The van der Waals surface area contributed by atoms with Crippen LogP contribution in [0.4, 0.5) is 17.1 Å². The summed E-state index contributed by atoms with van der Waals surface area (Å²) in [6, 6.07) is 49.6. The molecular formula is C40H23NO2S. The lowest BCUT2D eigenvalue weighted by molar-refractivity contribution is 0.668. The minimum atomic E-state index is 0.888. The Hall–Kier alpha value is -5.58. The molecule has 0 N–H and O–H groups in total. The van der Waals surface area contributed by atoms with E-state index in [1.807, 2.05) is 35.6 Å². The van der Waals surface area contributed by atoms with E-state index in [-0.39, 0.29) is 0 Å². The van der Waals surface area contributed by atoms with Crippen molar-refractivity contribution in [3.63, 3.8) is 0 Å². The van der Waals surface area contributed by atoms with Crippen molar-refractivity contribution in [3.05, 3.63) is 140 Å². The Kier molecular flexibility index (Phi) is 4.87. The molecule has 0 aliphatic rings. The fraction of sp³-hybridized carbons (Fsp3) is 0. The number of nitrogens with zero attached hydrogens (tertiary/aromatic N) is 1. The maximum Gasteiger partial charge on any atom is 0.136 e. The number of hydrogen-bond donors (Lipinski definition) is 0. The van der Waals surface area contributed by atoms with Gasteiger partial charge in [0.1, 0.15) is 22.3 Å². The van der Waals surface area contributed by atoms with Crippen LogP contribution in [0.15, 0.2) is 148 Å². The average molecular weight is 582 g/mol. The second-order valence-corrected chi connectivity index (χ2v) is 12.4. The van der Waals surface area contributed by atoms with E-state index in [1.165, 1.54) is 30.9 Å². The van der Waals surface area contributed by atoms with E-state index < -0.39 is 0 Å². The van der Waals surface area contributed by atoms with Gasteiger partial charge in [0, 0.05) is 58.8 Å². The van der Waals surface area contributed by atoms with Gasteiger partial charge >= 0.3 is 0 Å². The van der Waals surface area contributed by atoms with E-state index in [0.29, 0.717) is 0 Å². The Bertz CT molecular complexity index is 2630. The molecule has 7 aromatic carbocycles. The van der Waals surface area contributed by atoms with Gasteiger partial charge in [0.2, 0.25) is 0 Å². The molecule has 0 bridgehead atoms. The summed E-state index contributed by atoms with van der Waals surface area (Å²) in [4.78, 5) is 2.37. The number of fused-ring (bicyclic) bond motifs is 11. The third-order valence-corrected chi connectivity index (χ3v) is 9.99. The van der Waals surface area contributed by atoms with Crippen LogP contribution in [-0.4, -0.2) is 0 Å². The number of thiophene rings is 1. The first-order chi connectivity index (χ1) is 21.8. The summed E-state index contributed by atoms with van der Waals surface area (Å²) in [7, 11) is 0. The highest BCUT2D eigenvalue weighted by Gasteiger charge is 2.19. The summed E-state index contributed by atoms with van der Waals surface area (Å²) in [5, 5.41) is 9.42. The van der Waals surface area contributed by atoms with Crippen LogP contribution in [0.5, 0.6) is 0 Å². The lowest BCUT2D eigenvalue weighted by Gasteiger charge is -2.26. The number of furan rings is 2. The Morgan fingerprint density at radius 1 is 0.386 bits per heavy atom. The monoisotopic (exact) mass is 581 g/mol. The van der Waals surface area contributed by atoms with E-state index in [4.69, 9.17) is 8.83 Å². The first-order valence-corrected chi connectivity index (χ1v) is 15.6. The SMILES string of the molecule is c1ccc2c(c1)oc1ccc(N(c3ccc4sc5ccccc5c4c3)c3ccc4ccc5oc6ccccc6c5c4c3)cc12. The van der Waals surface area contributed by atoms with Crippen molar-refractivity contribution in [2.75, 3.05) is 4.90 Å². The average Bonchev–Trinajstić information content (AvgIpc) is 3.76. The van der Waals surface area contributed by atoms with Crippen LogP contribution in [0.25, 0.3) is 74.8 Å². The van der Waals surface area contributed by atoms with Crippen molar-refractivity contribution < 1.29 is 8.83 Å². The van der Waals surface area contributed by atoms with Gasteiger partial charge in [0.15, 0.2) is 0 Å². The largest absolute Gasteiger partial charge is 0.456 e. The highest BCUT2D eigenvalue weighted by molar-refractivity contribution is 7.25. The Morgan fingerprint density at radius 2 is 0.932 bits per heavy atom. The van der Waals surface area contributed by atoms with Gasteiger partial charge in [-0.1, -0.05) is 66.7 Å². The predicted molar refractivity (Wildman–Crippen MR) is 186 cm³/mol. The molecule has 10 aromatic rings. The predicted octanol–water partition coefficient (Wildman–Crippen LogP) is 12.5. The van der Waals surface area contributed by atoms with Crippen LogP contribution < -0.4 is 4.90 Å². The minimum absolute atomic E-state index is 0.888. The third kappa shape index (κ3) is 3.43. The van der Waals surface area contributed by atoms with Gasteiger partial charge in [0.25, 0.3) is 0 Å². The standard InChI is InChI=1S/C40H23NO2S/c1-4-10-34-28(7-1)32-22-26(16-19-36(32)42-34)41(27-17-20-39-33(23-27)29-8-3-6-12-38(29)44-39)25-15-13-24-14-18-37-40(31(24)21-25)30-9-2-5-11-35(30)43-37/h1-23H. The summed E-state index contributed by atoms with van der Waals surface area (Å²) in [6.45, 7) is 0. The summed E-state index contributed by atoms with van der Waals surface area (Å²) in [5.41, 5.74) is 6.87. The number of rotatable bonds is 3. The molecule has 0 fully saturated rings. The van der Waals surface area contributed by atoms with Crippen molar-refractivity contribution in [3.8, 4) is 0 Å². The van der Waals surface area contributed by atoms with E-state index >= 15 is 0 Å². The second-order valence-electron chi connectivity index (χ2n) is 11.3. The molecule has 206 valence electrons. The molecule has 10 rings (SSSR count). The quantitative estimate of drug-likeness (QED) is 0.208. The van der Waals surface area contributed by atoms with Gasteiger partial charge in [-0.15, -0.1) is 11.3 Å². The Balaban J connectivity index is 1.27. The van der Waals surface area contributed by atoms with E-state index in [0.717, 1.165) is 60.9 Å². The zero-order valence-electron chi connectivity index (χ0n) is 23.5. The van der Waals surface area contributed by atoms with E-state index in [1.54, 1.807) is 0 Å². The molecule has 0 aliphatic carbocycles. The van der Waals surface area contributed by atoms with Gasteiger partial charge in [0.05, 0.1) is 0 Å². The summed E-state index contributed by atoms with van der Waals surface area (Å²) in [5.74, 6) is 0. The van der Waals surface area contributed by atoms with Crippen molar-refractivity contribution in [2.24, 2.45) is 0 Å². The van der Waals surface area contributed by atoms with Crippen molar-refractivity contribution in [2.45, 2.75) is 0 Å². The Morgan fingerprint density at radius 3 is 1.80 bits per heavy atom. The molecule has 0 unspecified atom stereocenters. The molecule has 4 heteroatoms. The molecule has 0 aliphatic heterocycles. The molecule has 3 nitrogen and oxygen atoms in total. The summed E-state index contributed by atoms with van der Waals surface area (Å²) < 4.78 is 15.1. The third-order valence-electron chi connectivity index (χ3n) is 8.84. The van der Waals surface area contributed by atoms with Gasteiger partial charge in [-0.05, 0) is 83.6 Å². The van der Waals surface area contributed by atoms with Crippen molar-refractivity contribution in [1.82, 2.24) is 0 Å². The van der Waals surface area contributed by atoms with Crippen molar-refractivity contribution >= 4 is 103 Å². The molecule has 44 heavy (non-hydrogen) atoms. The zero-order valence-corrected chi connectivity index (χ0v) is 24.3. The summed E-state index contributed by atoms with van der Waals surface area (Å²) in [6.07, 6.45) is 0. The maximum atomic E-state index is 6.27. The van der Waals surface area contributed by atoms with Crippen LogP contribution in [0.1, 0.15) is 0 Å². The molecule has 3 aromatic heterocycles. The number of anilines is 3. The first-order valence-electron chi connectivity index (χ1n) is 14.8. The summed E-state index contributed by atoms with van der Waals surface area (Å²) >= 11 is 1.84. The number of hydrogen-bond acceptors (Lipinski definition) is 4. The van der Waals surface area contributed by atoms with Crippen LogP contribution in [0.3, 0.4) is 0 Å². The van der Waals surface area contributed by atoms with Crippen LogP contribution in [0, 0.1) is 0 Å². The molecule has 0 atom stereocenters. The van der Waals surface area contributed by atoms with Gasteiger partial charge in [-0.2, -0.15) is 0 Å².